The number of aliphatic hydroxyl groups excluding tert-OH is 1. The van der Waals surface area contributed by atoms with E-state index in [4.69, 9.17) is 0 Å². The lowest BCUT2D eigenvalue weighted by molar-refractivity contribution is -0.157. The minimum Gasteiger partial charge on any atom is -0.390 e. The normalized spacial score (nSPS) is 27.1. The Morgan fingerprint density at radius 2 is 0.810 bits per heavy atom. The molecule has 0 radical (unpaired) electrons. The molecule has 1 aliphatic heterocycles. The summed E-state index contributed by atoms with van der Waals surface area (Å²) in [5.74, 6) is -9.78. The molecular formula is C61H109N11O12. The van der Waals surface area contributed by atoms with E-state index in [0.29, 0.717) is 6.42 Å². The molecule has 1 saturated heterocycles. The number of carbonyl (C=O) groups is 11. The Morgan fingerprint density at radius 1 is 0.429 bits per heavy atom. The standard InChI is InChI=1S/C61H109N11O12/c1-25-26-27-39(14)51(74)50-55(78)64-41(16)56(79)66(18)32-47(73)67(19)43(28-33(2)3)54(77)65-48(37(10)11)60(83)68(20)44(29-34(4)5)53(76)62-40(15)52(75)63-42(17)57(80)69(21)45(30-35(6)7)58(81)70(22)46(31-36(8)9)59(82)71(23)49(38(12)13)61(84)72(50)24/h25-26,33-46,48-51,74H,27-32H2,1-24H3,(H,62,76)(H,63,75)(H,64,78)(H,65,77). The van der Waals surface area contributed by atoms with Crippen LogP contribution in [-0.2, 0) is 52.7 Å². The van der Waals surface area contributed by atoms with Crippen LogP contribution in [0.1, 0.15) is 150 Å². The van der Waals surface area contributed by atoms with E-state index in [1.165, 1.54) is 94.6 Å². The molecule has 1 fully saturated rings. The van der Waals surface area contributed by atoms with Crippen molar-refractivity contribution in [1.29, 1.82) is 0 Å². The van der Waals surface area contributed by atoms with Crippen LogP contribution < -0.4 is 21.3 Å². The molecular weight excluding hydrogens is 1080 g/mol. The third-order valence-corrected chi connectivity index (χ3v) is 15.8. The Labute approximate surface area is 502 Å². The Hall–Kier alpha value is -6.13. The van der Waals surface area contributed by atoms with Crippen molar-refractivity contribution >= 4 is 65.0 Å². The number of carbonyl (C=O) groups excluding carboxylic acids is 11. The molecule has 23 heteroatoms. The summed E-state index contributed by atoms with van der Waals surface area (Å²) in [6.45, 7) is 29.0. The topological polar surface area (TPSA) is 279 Å². The molecule has 12 atom stereocenters. The third-order valence-electron chi connectivity index (χ3n) is 15.8. The number of nitrogens with one attached hydrogen (secondary N) is 4. The van der Waals surface area contributed by atoms with Crippen molar-refractivity contribution < 1.29 is 57.8 Å². The van der Waals surface area contributed by atoms with E-state index in [9.17, 15) is 48.3 Å². The molecule has 480 valence electrons. The lowest BCUT2D eigenvalue weighted by Crippen LogP contribution is -2.63. The smallest absolute Gasteiger partial charge is 0.246 e. The Kier molecular flexibility index (Phi) is 30.8. The number of hydrogen-bond donors (Lipinski definition) is 5. The van der Waals surface area contributed by atoms with E-state index < -0.39 is 156 Å². The van der Waals surface area contributed by atoms with E-state index >= 15 is 9.59 Å². The van der Waals surface area contributed by atoms with Crippen LogP contribution in [0.15, 0.2) is 12.2 Å². The van der Waals surface area contributed by atoms with Gasteiger partial charge in [-0.15, -0.1) is 0 Å². The van der Waals surface area contributed by atoms with Crippen molar-refractivity contribution in [2.45, 2.75) is 216 Å². The lowest BCUT2D eigenvalue weighted by Gasteiger charge is -2.41. The molecule has 0 aliphatic carbocycles. The summed E-state index contributed by atoms with van der Waals surface area (Å²) in [6, 6.07) is -12.4. The molecule has 11 amide bonds. The molecule has 84 heavy (non-hydrogen) atoms. The zero-order chi connectivity index (χ0) is 65.3. The maximum Gasteiger partial charge on any atom is 0.246 e. The number of aliphatic hydroxyl groups is 1. The molecule has 23 nitrogen and oxygen atoms in total. The second-order valence-corrected chi connectivity index (χ2v) is 25.9. The molecule has 1 aliphatic rings. The number of nitrogens with zero attached hydrogens (tertiary/aromatic N) is 7. The van der Waals surface area contributed by atoms with E-state index in [1.807, 2.05) is 55.4 Å². The van der Waals surface area contributed by atoms with Gasteiger partial charge >= 0.3 is 0 Å². The molecule has 12 unspecified atom stereocenters. The van der Waals surface area contributed by atoms with Crippen LogP contribution in [0.25, 0.3) is 0 Å². The SMILES string of the molecule is CC=CCC(C)C(O)C1C(=O)NC(C)C(=O)N(C)CC(=O)N(C)C(CC(C)C)C(=O)NC(C(C)C)C(=O)N(C)C(CC(C)C)C(=O)NC(C)C(=O)NC(C)C(=O)N(C)C(CC(C)C)C(=O)N(C)C(CC(C)C)C(=O)N(C)C(C(C)C)C(=O)N1C. The fraction of sp³-hybridized carbons (Fsp3) is 0.787. The van der Waals surface area contributed by atoms with Gasteiger partial charge in [-0.25, -0.2) is 0 Å². The molecule has 5 N–H and O–H groups in total. The van der Waals surface area contributed by atoms with Gasteiger partial charge in [0.15, 0.2) is 0 Å². The fourth-order valence-corrected chi connectivity index (χ4v) is 10.5. The first-order chi connectivity index (χ1) is 38.7. The number of hydrogen-bond acceptors (Lipinski definition) is 12. The number of likely N-dealkylation sites (N-methyl/N-ethyl adjacent to an activating group) is 7. The molecule has 0 aromatic rings. The highest BCUT2D eigenvalue weighted by atomic mass is 16.3. The fourth-order valence-electron chi connectivity index (χ4n) is 10.5. The quantitative estimate of drug-likeness (QED) is 0.157. The molecule has 0 saturated carbocycles. The first-order valence-corrected chi connectivity index (χ1v) is 30.0. The largest absolute Gasteiger partial charge is 0.390 e. The van der Waals surface area contributed by atoms with Crippen molar-refractivity contribution in [3.05, 3.63) is 12.2 Å². The first-order valence-electron chi connectivity index (χ1n) is 30.0. The minimum absolute atomic E-state index is 0.129. The second kappa shape index (κ2) is 34.1. The van der Waals surface area contributed by atoms with Gasteiger partial charge in [-0.1, -0.05) is 102 Å². The lowest BCUT2D eigenvalue weighted by atomic mass is 9.91. The van der Waals surface area contributed by atoms with Crippen LogP contribution in [0.5, 0.6) is 0 Å². The summed E-state index contributed by atoms with van der Waals surface area (Å²) in [5.41, 5.74) is 0. The van der Waals surface area contributed by atoms with Crippen molar-refractivity contribution in [3.8, 4) is 0 Å². The maximum atomic E-state index is 15.1. The zero-order valence-corrected chi connectivity index (χ0v) is 55.4. The summed E-state index contributed by atoms with van der Waals surface area (Å²) in [5, 5.41) is 22.9. The predicted molar refractivity (Wildman–Crippen MR) is 324 cm³/mol. The summed E-state index contributed by atoms with van der Waals surface area (Å²) in [6.07, 6.45) is 3.00. The van der Waals surface area contributed by atoms with Gasteiger partial charge in [-0.2, -0.15) is 0 Å². The van der Waals surface area contributed by atoms with Crippen LogP contribution in [0.4, 0.5) is 0 Å². The molecule has 0 aromatic heterocycles. The van der Waals surface area contributed by atoms with Crippen LogP contribution in [0.2, 0.25) is 0 Å². The van der Waals surface area contributed by atoms with Gasteiger partial charge in [0.1, 0.15) is 60.4 Å². The Bertz CT molecular complexity index is 2310. The van der Waals surface area contributed by atoms with Gasteiger partial charge in [0, 0.05) is 49.3 Å². The Balaban J connectivity index is 4.28. The van der Waals surface area contributed by atoms with E-state index in [0.717, 1.165) is 9.80 Å². The number of amides is 11. The second-order valence-electron chi connectivity index (χ2n) is 25.9. The molecule has 1 heterocycles. The van der Waals surface area contributed by atoms with Gasteiger partial charge in [-0.3, -0.25) is 52.7 Å². The minimum atomic E-state index is -1.61. The summed E-state index contributed by atoms with van der Waals surface area (Å²) in [4.78, 5) is 168. The first kappa shape index (κ1) is 75.9. The average molecular weight is 1190 g/mol. The molecule has 1 rings (SSSR count). The van der Waals surface area contributed by atoms with E-state index in [1.54, 1.807) is 53.7 Å². The average Bonchev–Trinajstić information content (AvgIpc) is 2.58. The van der Waals surface area contributed by atoms with Crippen molar-refractivity contribution in [2.75, 3.05) is 55.9 Å². The monoisotopic (exact) mass is 1190 g/mol. The van der Waals surface area contributed by atoms with Crippen molar-refractivity contribution in [2.24, 2.45) is 41.4 Å². The highest BCUT2D eigenvalue weighted by Gasteiger charge is 2.45. The number of rotatable bonds is 14. The van der Waals surface area contributed by atoms with Crippen molar-refractivity contribution in [3.63, 3.8) is 0 Å². The van der Waals surface area contributed by atoms with Crippen LogP contribution in [0.3, 0.4) is 0 Å². The summed E-state index contributed by atoms with van der Waals surface area (Å²) >= 11 is 0. The van der Waals surface area contributed by atoms with Gasteiger partial charge in [-0.05, 0) is 101 Å². The predicted octanol–water partition coefficient (Wildman–Crippen LogP) is 2.88. The van der Waals surface area contributed by atoms with Gasteiger partial charge in [0.25, 0.3) is 0 Å². The molecule has 0 bridgehead atoms. The number of allylic oxidation sites excluding steroid dienone is 2. The summed E-state index contributed by atoms with van der Waals surface area (Å²) in [7, 11) is 9.87. The highest BCUT2D eigenvalue weighted by Crippen LogP contribution is 2.25. The van der Waals surface area contributed by atoms with Gasteiger partial charge < -0.3 is 60.7 Å². The summed E-state index contributed by atoms with van der Waals surface area (Å²) < 4.78 is 0. The highest BCUT2D eigenvalue weighted by molar-refractivity contribution is 5.99. The van der Waals surface area contributed by atoms with E-state index in [-0.39, 0.29) is 49.4 Å². The zero-order valence-electron chi connectivity index (χ0n) is 55.4. The third kappa shape index (κ3) is 21.1. The van der Waals surface area contributed by atoms with Crippen LogP contribution in [0, 0.1) is 41.4 Å². The van der Waals surface area contributed by atoms with E-state index in [2.05, 4.69) is 21.3 Å². The molecule has 0 spiro atoms. The van der Waals surface area contributed by atoms with Gasteiger partial charge in [0.2, 0.25) is 65.0 Å². The van der Waals surface area contributed by atoms with Gasteiger partial charge in [0.05, 0.1) is 12.6 Å². The van der Waals surface area contributed by atoms with Crippen LogP contribution in [-0.4, -0.2) is 227 Å². The maximum absolute atomic E-state index is 15.1. The Morgan fingerprint density at radius 3 is 1.26 bits per heavy atom. The molecule has 0 aromatic carbocycles. The van der Waals surface area contributed by atoms with Crippen molar-refractivity contribution in [1.82, 2.24) is 55.6 Å². The van der Waals surface area contributed by atoms with Crippen LogP contribution >= 0.6 is 0 Å².